The van der Waals surface area contributed by atoms with E-state index in [1.165, 1.54) is 5.32 Å². The predicted molar refractivity (Wildman–Crippen MR) is 78.9 cm³/mol. The molecule has 1 aromatic heterocycles. The van der Waals surface area contributed by atoms with Crippen LogP contribution in [0.5, 0.6) is 0 Å². The molecule has 1 aliphatic rings. The molecule has 1 amide bonds. The highest BCUT2D eigenvalue weighted by atomic mass is 19.4. The molecular weight excluding hydrogens is 363 g/mol. The number of halogens is 3. The number of rotatable bonds is 3. The Hall–Kier alpha value is -2.62. The number of aromatic amines is 1. The number of nitrogens with one attached hydrogen (secondary N) is 2. The van der Waals surface area contributed by atoms with Gasteiger partial charge in [-0.3, -0.25) is 19.1 Å². The highest BCUT2D eigenvalue weighted by molar-refractivity contribution is 5.81. The molecule has 2 rings (SSSR count). The molecule has 3 atom stereocenters. The zero-order valence-electron chi connectivity index (χ0n) is 13.0. The lowest BCUT2D eigenvalue weighted by Crippen LogP contribution is -2.37. The largest absolute Gasteiger partial charge is 0.471 e. The second-order valence-corrected chi connectivity index (χ2v) is 5.31. The fraction of sp³-hybridized carbons (Fsp3) is 0.500. The number of hydrogen-bond donors (Lipinski definition) is 4. The normalized spacial score (nSPS) is 22.6. The smallest absolute Gasteiger partial charge is 0.394 e. The number of amides is 1. The highest BCUT2D eigenvalue weighted by Gasteiger charge is 2.38. The fourth-order valence-electron chi connectivity index (χ4n) is 2.20. The maximum atomic E-state index is 12.0. The number of hydrogen-bond acceptors (Lipinski definition) is 6. The first kappa shape index (κ1) is 19.7. The molecule has 0 aliphatic carbocycles. The average molecular weight is 377 g/mol. The minimum absolute atomic E-state index is 0.0221. The Morgan fingerprint density at radius 3 is 2.73 bits per heavy atom. The zero-order valence-corrected chi connectivity index (χ0v) is 13.0. The van der Waals surface area contributed by atoms with Crippen LogP contribution in [-0.2, 0) is 9.53 Å². The molecule has 1 aromatic rings. The SMILES string of the molecule is O=C(NCC#Cc1cn([C@@H]2CC(O)[C@H](CO)O2)c(=O)[nH]c1=O)C(F)(F)F. The van der Waals surface area contributed by atoms with Crippen molar-refractivity contribution in [2.24, 2.45) is 0 Å². The number of aliphatic hydroxyl groups excluding tert-OH is 2. The Labute approximate surface area is 143 Å². The first-order valence-electron chi connectivity index (χ1n) is 7.27. The van der Waals surface area contributed by atoms with Crippen LogP contribution in [0.15, 0.2) is 15.8 Å². The first-order valence-corrected chi connectivity index (χ1v) is 7.27. The molecule has 0 aromatic carbocycles. The van der Waals surface area contributed by atoms with Crippen LogP contribution in [0.4, 0.5) is 13.2 Å². The van der Waals surface area contributed by atoms with Crippen LogP contribution in [0.1, 0.15) is 18.2 Å². The highest BCUT2D eigenvalue weighted by Crippen LogP contribution is 2.27. The van der Waals surface area contributed by atoms with Gasteiger partial charge in [-0.2, -0.15) is 13.2 Å². The molecule has 0 radical (unpaired) electrons. The standard InChI is InChI=1S/C14H14F3N3O6/c15-14(16,17)12(24)18-3-1-2-7-5-20(13(25)19-11(7)23)10-4-8(22)9(6-21)26-10/h5,8-10,21-22H,3-4,6H2,(H,18,24)(H,19,23,25)/t8?,9-,10-/m0/s1. The van der Waals surface area contributed by atoms with E-state index >= 15 is 0 Å². The van der Waals surface area contributed by atoms with E-state index in [1.54, 1.807) is 0 Å². The third-order valence-electron chi connectivity index (χ3n) is 3.48. The molecule has 0 bridgehead atoms. The molecular formula is C14H14F3N3O6. The average Bonchev–Trinajstić information content (AvgIpc) is 2.92. The molecule has 1 fully saturated rings. The summed E-state index contributed by atoms with van der Waals surface area (Å²) in [5.74, 6) is 2.24. The lowest BCUT2D eigenvalue weighted by Gasteiger charge is -2.14. The van der Waals surface area contributed by atoms with E-state index in [0.29, 0.717) is 0 Å². The van der Waals surface area contributed by atoms with E-state index in [4.69, 9.17) is 9.84 Å². The van der Waals surface area contributed by atoms with Crippen molar-refractivity contribution >= 4 is 5.91 Å². The van der Waals surface area contributed by atoms with Gasteiger partial charge in [0.2, 0.25) is 0 Å². The molecule has 142 valence electrons. The van der Waals surface area contributed by atoms with Crippen molar-refractivity contribution in [1.29, 1.82) is 0 Å². The van der Waals surface area contributed by atoms with Crippen LogP contribution in [-0.4, -0.2) is 57.2 Å². The van der Waals surface area contributed by atoms with Crippen molar-refractivity contribution in [2.45, 2.75) is 31.0 Å². The van der Waals surface area contributed by atoms with Gasteiger partial charge in [-0.25, -0.2) is 4.79 Å². The number of ether oxygens (including phenoxy) is 1. The summed E-state index contributed by atoms with van der Waals surface area (Å²) in [4.78, 5) is 36.2. The number of carbonyl (C=O) groups is 1. The maximum Gasteiger partial charge on any atom is 0.471 e. The van der Waals surface area contributed by atoms with Crippen molar-refractivity contribution in [3.05, 3.63) is 32.6 Å². The van der Waals surface area contributed by atoms with Crippen molar-refractivity contribution in [2.75, 3.05) is 13.2 Å². The Bertz CT molecular complexity index is 850. The third kappa shape index (κ3) is 4.51. The van der Waals surface area contributed by atoms with Gasteiger partial charge in [0.25, 0.3) is 5.56 Å². The quantitative estimate of drug-likeness (QED) is 0.460. The lowest BCUT2D eigenvalue weighted by molar-refractivity contribution is -0.173. The van der Waals surface area contributed by atoms with Gasteiger partial charge in [0, 0.05) is 12.6 Å². The van der Waals surface area contributed by atoms with Gasteiger partial charge in [0.05, 0.1) is 19.3 Å². The number of aromatic nitrogens is 2. The predicted octanol–water partition coefficient (Wildman–Crippen LogP) is -1.79. The van der Waals surface area contributed by atoms with Crippen LogP contribution in [0.25, 0.3) is 0 Å². The Morgan fingerprint density at radius 1 is 1.46 bits per heavy atom. The molecule has 2 heterocycles. The molecule has 0 spiro atoms. The van der Waals surface area contributed by atoms with Crippen molar-refractivity contribution in [1.82, 2.24) is 14.9 Å². The summed E-state index contributed by atoms with van der Waals surface area (Å²) in [5.41, 5.74) is -1.98. The topological polar surface area (TPSA) is 134 Å². The summed E-state index contributed by atoms with van der Waals surface area (Å²) in [7, 11) is 0. The summed E-state index contributed by atoms with van der Waals surface area (Å²) in [6.07, 6.45) is -6.92. The van der Waals surface area contributed by atoms with E-state index in [2.05, 4.69) is 11.8 Å². The summed E-state index contributed by atoms with van der Waals surface area (Å²) in [6, 6.07) is 0. The molecule has 0 saturated carbocycles. The molecule has 1 saturated heterocycles. The molecule has 1 unspecified atom stereocenters. The van der Waals surface area contributed by atoms with Gasteiger partial charge < -0.3 is 20.3 Å². The lowest BCUT2D eigenvalue weighted by atomic mass is 10.2. The fourth-order valence-corrected chi connectivity index (χ4v) is 2.20. The Kier molecular flexibility index (Phi) is 5.86. The van der Waals surface area contributed by atoms with Crippen molar-refractivity contribution in [3.8, 4) is 11.8 Å². The number of alkyl halides is 3. The minimum atomic E-state index is -5.05. The number of H-pyrrole nitrogens is 1. The van der Waals surface area contributed by atoms with Crippen LogP contribution < -0.4 is 16.6 Å². The van der Waals surface area contributed by atoms with Gasteiger partial charge in [0.1, 0.15) is 17.9 Å². The van der Waals surface area contributed by atoms with Crippen LogP contribution in [0.2, 0.25) is 0 Å². The van der Waals surface area contributed by atoms with Gasteiger partial charge in [-0.05, 0) is 0 Å². The monoisotopic (exact) mass is 377 g/mol. The first-order chi connectivity index (χ1) is 12.1. The Morgan fingerprint density at radius 2 is 2.15 bits per heavy atom. The molecule has 26 heavy (non-hydrogen) atoms. The van der Waals surface area contributed by atoms with Crippen molar-refractivity contribution in [3.63, 3.8) is 0 Å². The van der Waals surface area contributed by atoms with E-state index in [9.17, 15) is 32.7 Å². The molecule has 12 heteroatoms. The number of nitrogens with zero attached hydrogens (tertiary/aromatic N) is 1. The second kappa shape index (κ2) is 7.73. The van der Waals surface area contributed by atoms with E-state index in [-0.39, 0.29) is 12.0 Å². The summed E-state index contributed by atoms with van der Waals surface area (Å²) in [5, 5.41) is 20.3. The summed E-state index contributed by atoms with van der Waals surface area (Å²) < 4.78 is 42.3. The van der Waals surface area contributed by atoms with Crippen LogP contribution in [0.3, 0.4) is 0 Å². The molecule has 9 nitrogen and oxygen atoms in total. The third-order valence-corrected chi connectivity index (χ3v) is 3.48. The Balaban J connectivity index is 2.17. The van der Waals surface area contributed by atoms with E-state index in [0.717, 1.165) is 10.8 Å². The van der Waals surface area contributed by atoms with E-state index in [1.807, 2.05) is 4.98 Å². The number of aliphatic hydroxyl groups is 2. The van der Waals surface area contributed by atoms with Gasteiger partial charge >= 0.3 is 17.8 Å². The second-order valence-electron chi connectivity index (χ2n) is 5.31. The van der Waals surface area contributed by atoms with Gasteiger partial charge in [-0.15, -0.1) is 0 Å². The summed E-state index contributed by atoms with van der Waals surface area (Å²) >= 11 is 0. The zero-order chi connectivity index (χ0) is 19.5. The van der Waals surface area contributed by atoms with Gasteiger partial charge in [0.15, 0.2) is 0 Å². The van der Waals surface area contributed by atoms with Crippen LogP contribution >= 0.6 is 0 Å². The van der Waals surface area contributed by atoms with Crippen LogP contribution in [0, 0.1) is 11.8 Å². The maximum absolute atomic E-state index is 12.0. The molecule has 4 N–H and O–H groups in total. The van der Waals surface area contributed by atoms with Gasteiger partial charge in [-0.1, -0.05) is 11.8 Å². The molecule has 1 aliphatic heterocycles. The van der Waals surface area contributed by atoms with E-state index < -0.39 is 54.9 Å². The van der Waals surface area contributed by atoms with Crippen molar-refractivity contribution < 1.29 is 32.9 Å². The minimum Gasteiger partial charge on any atom is -0.394 e. The summed E-state index contributed by atoms with van der Waals surface area (Å²) in [6.45, 7) is -1.14. The number of carbonyl (C=O) groups excluding carboxylic acids is 1.